The van der Waals surface area contributed by atoms with E-state index in [1.54, 1.807) is 6.07 Å². The molecule has 1 aliphatic rings. The highest BCUT2D eigenvalue weighted by Gasteiger charge is 2.27. The molecule has 1 amide bonds. The molecule has 1 saturated heterocycles. The van der Waals surface area contributed by atoms with E-state index in [4.69, 9.17) is 4.52 Å². The molecule has 4 nitrogen and oxygen atoms in total. The average molecular weight is 264 g/mol. The SMILES string of the molecule is CC[C@@H]1CCCCCN1C(=O)c1cc(C(C)C)on1. The number of amides is 1. The molecule has 0 radical (unpaired) electrons. The molecule has 106 valence electrons. The van der Waals surface area contributed by atoms with Crippen LogP contribution in [-0.4, -0.2) is 28.6 Å². The molecule has 1 atom stereocenters. The van der Waals surface area contributed by atoms with E-state index < -0.39 is 0 Å². The third-order valence-electron chi connectivity index (χ3n) is 3.93. The fourth-order valence-corrected chi connectivity index (χ4v) is 2.68. The Morgan fingerprint density at radius 1 is 1.47 bits per heavy atom. The number of carbonyl (C=O) groups excluding carboxylic acids is 1. The summed E-state index contributed by atoms with van der Waals surface area (Å²) in [5, 5.41) is 3.95. The largest absolute Gasteiger partial charge is 0.360 e. The predicted octanol–water partition coefficient (Wildman–Crippen LogP) is 3.59. The second-order valence-electron chi connectivity index (χ2n) is 5.68. The Kier molecular flexibility index (Phi) is 4.61. The lowest BCUT2D eigenvalue weighted by atomic mass is 10.1. The Bertz CT molecular complexity index is 426. The van der Waals surface area contributed by atoms with Gasteiger partial charge in [0, 0.05) is 24.6 Å². The van der Waals surface area contributed by atoms with Gasteiger partial charge in [0.2, 0.25) is 0 Å². The second-order valence-corrected chi connectivity index (χ2v) is 5.68. The van der Waals surface area contributed by atoms with Crippen LogP contribution in [0.2, 0.25) is 0 Å². The number of aromatic nitrogens is 1. The lowest BCUT2D eigenvalue weighted by Gasteiger charge is -2.28. The number of nitrogens with zero attached hydrogens (tertiary/aromatic N) is 2. The third kappa shape index (κ3) is 3.17. The van der Waals surface area contributed by atoms with Crippen molar-refractivity contribution < 1.29 is 9.32 Å². The van der Waals surface area contributed by atoms with E-state index in [0.29, 0.717) is 11.7 Å². The van der Waals surface area contributed by atoms with Crippen LogP contribution in [0.15, 0.2) is 10.6 Å². The van der Waals surface area contributed by atoms with Gasteiger partial charge in [0.05, 0.1) is 0 Å². The van der Waals surface area contributed by atoms with Crippen molar-refractivity contribution in [2.75, 3.05) is 6.54 Å². The highest BCUT2D eigenvalue weighted by Crippen LogP contribution is 2.22. The lowest BCUT2D eigenvalue weighted by Crippen LogP contribution is -2.39. The molecule has 0 spiro atoms. The zero-order chi connectivity index (χ0) is 13.8. The van der Waals surface area contributed by atoms with Gasteiger partial charge >= 0.3 is 0 Å². The van der Waals surface area contributed by atoms with Gasteiger partial charge < -0.3 is 9.42 Å². The molecule has 0 saturated carbocycles. The molecule has 0 bridgehead atoms. The van der Waals surface area contributed by atoms with Crippen molar-refractivity contribution in [2.45, 2.75) is 64.8 Å². The Balaban J connectivity index is 2.15. The van der Waals surface area contributed by atoms with Crippen molar-refractivity contribution in [1.82, 2.24) is 10.1 Å². The fourth-order valence-electron chi connectivity index (χ4n) is 2.68. The van der Waals surface area contributed by atoms with E-state index in [-0.39, 0.29) is 11.8 Å². The lowest BCUT2D eigenvalue weighted by molar-refractivity contribution is 0.0667. The molecule has 0 unspecified atom stereocenters. The van der Waals surface area contributed by atoms with Gasteiger partial charge in [-0.15, -0.1) is 0 Å². The van der Waals surface area contributed by atoms with Crippen LogP contribution in [-0.2, 0) is 0 Å². The van der Waals surface area contributed by atoms with Gasteiger partial charge in [0.1, 0.15) is 5.76 Å². The van der Waals surface area contributed by atoms with Crippen molar-refractivity contribution >= 4 is 5.91 Å². The van der Waals surface area contributed by atoms with E-state index in [2.05, 4.69) is 12.1 Å². The zero-order valence-corrected chi connectivity index (χ0v) is 12.2. The first-order chi connectivity index (χ1) is 9.13. The number of hydrogen-bond donors (Lipinski definition) is 0. The molecular weight excluding hydrogens is 240 g/mol. The molecule has 2 heterocycles. The number of rotatable bonds is 3. The Morgan fingerprint density at radius 3 is 2.89 bits per heavy atom. The maximum absolute atomic E-state index is 12.6. The Labute approximate surface area is 115 Å². The smallest absolute Gasteiger partial charge is 0.276 e. The summed E-state index contributed by atoms with van der Waals surface area (Å²) < 4.78 is 5.24. The minimum absolute atomic E-state index is 0.0319. The van der Waals surface area contributed by atoms with Gasteiger partial charge in [-0.2, -0.15) is 0 Å². The highest BCUT2D eigenvalue weighted by molar-refractivity contribution is 5.92. The van der Waals surface area contributed by atoms with Crippen LogP contribution in [0.3, 0.4) is 0 Å². The monoisotopic (exact) mass is 264 g/mol. The van der Waals surface area contributed by atoms with Crippen LogP contribution >= 0.6 is 0 Å². The van der Waals surface area contributed by atoms with Crippen LogP contribution in [0.4, 0.5) is 0 Å². The molecule has 4 heteroatoms. The predicted molar refractivity (Wildman–Crippen MR) is 74.2 cm³/mol. The molecule has 0 aliphatic carbocycles. The summed E-state index contributed by atoms with van der Waals surface area (Å²) in [6, 6.07) is 2.15. The van der Waals surface area contributed by atoms with Crippen molar-refractivity contribution in [3.05, 3.63) is 17.5 Å². The average Bonchev–Trinajstić information content (AvgIpc) is 2.77. The maximum Gasteiger partial charge on any atom is 0.276 e. The summed E-state index contributed by atoms with van der Waals surface area (Å²) in [4.78, 5) is 14.6. The van der Waals surface area contributed by atoms with Crippen LogP contribution in [0, 0.1) is 0 Å². The molecule has 1 fully saturated rings. The fraction of sp³-hybridized carbons (Fsp3) is 0.733. The molecule has 19 heavy (non-hydrogen) atoms. The summed E-state index contributed by atoms with van der Waals surface area (Å²) in [5.41, 5.74) is 0.462. The first-order valence-electron chi connectivity index (χ1n) is 7.41. The van der Waals surface area contributed by atoms with E-state index in [9.17, 15) is 4.79 Å². The molecule has 0 aromatic carbocycles. The second kappa shape index (κ2) is 6.22. The maximum atomic E-state index is 12.6. The minimum atomic E-state index is 0.0319. The summed E-state index contributed by atoms with van der Waals surface area (Å²) in [7, 11) is 0. The Morgan fingerprint density at radius 2 is 2.26 bits per heavy atom. The summed E-state index contributed by atoms with van der Waals surface area (Å²) >= 11 is 0. The Hall–Kier alpha value is -1.32. The molecule has 1 aromatic heterocycles. The molecule has 2 rings (SSSR count). The van der Waals surface area contributed by atoms with E-state index in [0.717, 1.165) is 31.6 Å². The van der Waals surface area contributed by atoms with Gasteiger partial charge in [-0.05, 0) is 19.3 Å². The molecule has 0 N–H and O–H groups in total. The van der Waals surface area contributed by atoms with Crippen molar-refractivity contribution in [3.8, 4) is 0 Å². The van der Waals surface area contributed by atoms with E-state index >= 15 is 0 Å². The first-order valence-corrected chi connectivity index (χ1v) is 7.41. The van der Waals surface area contributed by atoms with Gasteiger partial charge in [0.25, 0.3) is 5.91 Å². The summed E-state index contributed by atoms with van der Waals surface area (Å²) in [6.07, 6.45) is 5.66. The number of carbonyl (C=O) groups is 1. The molecule has 1 aliphatic heterocycles. The van der Waals surface area contributed by atoms with Crippen LogP contribution < -0.4 is 0 Å². The van der Waals surface area contributed by atoms with Gasteiger partial charge in [-0.1, -0.05) is 38.8 Å². The van der Waals surface area contributed by atoms with Crippen LogP contribution in [0.5, 0.6) is 0 Å². The molecule has 1 aromatic rings. The van der Waals surface area contributed by atoms with Crippen molar-refractivity contribution in [1.29, 1.82) is 0 Å². The van der Waals surface area contributed by atoms with E-state index in [1.807, 2.05) is 18.7 Å². The van der Waals surface area contributed by atoms with Crippen molar-refractivity contribution in [2.24, 2.45) is 0 Å². The third-order valence-corrected chi connectivity index (χ3v) is 3.93. The van der Waals surface area contributed by atoms with Gasteiger partial charge in [0.15, 0.2) is 5.69 Å². The number of hydrogen-bond acceptors (Lipinski definition) is 3. The zero-order valence-electron chi connectivity index (χ0n) is 12.2. The number of likely N-dealkylation sites (tertiary alicyclic amines) is 1. The first kappa shape index (κ1) is 14.1. The topological polar surface area (TPSA) is 46.3 Å². The van der Waals surface area contributed by atoms with Crippen LogP contribution in [0.25, 0.3) is 0 Å². The standard InChI is InChI=1S/C15H24N2O2/c1-4-12-8-6-5-7-9-17(12)15(18)13-10-14(11(2)3)19-16-13/h10-12H,4-9H2,1-3H3/t12-/m1/s1. The van der Waals surface area contributed by atoms with Gasteiger partial charge in [-0.3, -0.25) is 4.79 Å². The van der Waals surface area contributed by atoms with Gasteiger partial charge in [-0.25, -0.2) is 0 Å². The molecular formula is C15H24N2O2. The summed E-state index contributed by atoms with van der Waals surface area (Å²) in [6.45, 7) is 7.07. The highest BCUT2D eigenvalue weighted by atomic mass is 16.5. The normalized spacial score (nSPS) is 20.6. The summed E-state index contributed by atoms with van der Waals surface area (Å²) in [5.74, 6) is 1.08. The quantitative estimate of drug-likeness (QED) is 0.838. The van der Waals surface area contributed by atoms with Crippen LogP contribution in [0.1, 0.15) is 75.0 Å². The minimum Gasteiger partial charge on any atom is -0.360 e. The van der Waals surface area contributed by atoms with Crippen molar-refractivity contribution in [3.63, 3.8) is 0 Å². The van der Waals surface area contributed by atoms with E-state index in [1.165, 1.54) is 12.8 Å².